The number of ether oxygens (including phenoxy) is 2. The minimum Gasteiger partial charge on any atom is -0.497 e. The molecule has 0 radical (unpaired) electrons. The van der Waals surface area contributed by atoms with E-state index >= 15 is 0 Å². The average Bonchev–Trinajstić information content (AvgIpc) is 3.03. The zero-order valence-electron chi connectivity index (χ0n) is 13.2. The van der Waals surface area contributed by atoms with E-state index in [4.69, 9.17) is 14.5 Å². The monoisotopic (exact) mass is 318 g/mol. The first-order chi connectivity index (χ1) is 10.8. The number of likely N-dealkylation sites (tertiary alicyclic amines) is 1. The van der Waals surface area contributed by atoms with Crippen LogP contribution in [0.1, 0.15) is 24.3 Å². The Labute approximate surface area is 135 Å². The Morgan fingerprint density at radius 2 is 1.95 bits per heavy atom. The van der Waals surface area contributed by atoms with Gasteiger partial charge in [0.1, 0.15) is 16.5 Å². The average molecular weight is 318 g/mol. The molecule has 2 aromatic rings. The molecule has 22 heavy (non-hydrogen) atoms. The number of piperidine rings is 1. The maximum absolute atomic E-state index is 5.48. The lowest BCUT2D eigenvalue weighted by Crippen LogP contribution is -2.28. The van der Waals surface area contributed by atoms with Gasteiger partial charge in [-0.3, -0.25) is 4.90 Å². The van der Waals surface area contributed by atoms with Crippen molar-refractivity contribution in [3.63, 3.8) is 0 Å². The van der Waals surface area contributed by atoms with Crippen molar-refractivity contribution in [3.8, 4) is 22.8 Å². The molecule has 5 heteroatoms. The highest BCUT2D eigenvalue weighted by molar-refractivity contribution is 7.09. The number of rotatable bonds is 5. The summed E-state index contributed by atoms with van der Waals surface area (Å²) < 4.78 is 10.7. The van der Waals surface area contributed by atoms with Gasteiger partial charge in [0, 0.05) is 17.0 Å². The topological polar surface area (TPSA) is 34.6 Å². The molecule has 1 saturated heterocycles. The number of thiazole rings is 1. The molecule has 1 fully saturated rings. The van der Waals surface area contributed by atoms with E-state index in [-0.39, 0.29) is 0 Å². The first-order valence-corrected chi connectivity index (χ1v) is 8.57. The molecule has 4 nitrogen and oxygen atoms in total. The van der Waals surface area contributed by atoms with E-state index in [1.54, 1.807) is 25.6 Å². The smallest absolute Gasteiger partial charge is 0.131 e. The van der Waals surface area contributed by atoms with Gasteiger partial charge >= 0.3 is 0 Å². The first-order valence-electron chi connectivity index (χ1n) is 7.69. The lowest BCUT2D eigenvalue weighted by molar-refractivity contribution is 0.220. The number of aromatic nitrogens is 1. The van der Waals surface area contributed by atoms with Gasteiger partial charge in [0.15, 0.2) is 0 Å². The van der Waals surface area contributed by atoms with Gasteiger partial charge in [0.25, 0.3) is 0 Å². The van der Waals surface area contributed by atoms with Crippen LogP contribution < -0.4 is 9.47 Å². The van der Waals surface area contributed by atoms with Crippen LogP contribution in [0.2, 0.25) is 0 Å². The van der Waals surface area contributed by atoms with Gasteiger partial charge in [0.2, 0.25) is 0 Å². The highest BCUT2D eigenvalue weighted by Gasteiger charge is 2.15. The lowest BCUT2D eigenvalue weighted by Gasteiger charge is -2.25. The van der Waals surface area contributed by atoms with Crippen molar-refractivity contribution >= 4 is 11.3 Å². The van der Waals surface area contributed by atoms with E-state index in [9.17, 15) is 0 Å². The summed E-state index contributed by atoms with van der Waals surface area (Å²) in [6.07, 6.45) is 3.98. The molecule has 0 amide bonds. The van der Waals surface area contributed by atoms with Crippen LogP contribution in [0.3, 0.4) is 0 Å². The molecular formula is C17H22N2O2S. The molecular weight excluding hydrogens is 296 g/mol. The molecule has 0 spiro atoms. The van der Waals surface area contributed by atoms with E-state index in [0.29, 0.717) is 0 Å². The van der Waals surface area contributed by atoms with Gasteiger partial charge in [-0.15, -0.1) is 11.3 Å². The van der Waals surface area contributed by atoms with Crippen molar-refractivity contribution in [1.82, 2.24) is 9.88 Å². The van der Waals surface area contributed by atoms with Crippen LogP contribution in [0.25, 0.3) is 11.3 Å². The van der Waals surface area contributed by atoms with Crippen molar-refractivity contribution in [2.24, 2.45) is 0 Å². The molecule has 0 N–H and O–H groups in total. The summed E-state index contributed by atoms with van der Waals surface area (Å²) in [6, 6.07) is 5.86. The summed E-state index contributed by atoms with van der Waals surface area (Å²) in [5, 5.41) is 3.29. The maximum Gasteiger partial charge on any atom is 0.131 e. The zero-order valence-corrected chi connectivity index (χ0v) is 14.0. The molecule has 1 aliphatic rings. The quantitative estimate of drug-likeness (QED) is 0.839. The predicted molar refractivity (Wildman–Crippen MR) is 89.8 cm³/mol. The minimum atomic E-state index is 0.796. The Hall–Kier alpha value is -1.59. The molecule has 118 valence electrons. The van der Waals surface area contributed by atoms with Gasteiger partial charge in [-0.05, 0) is 38.1 Å². The van der Waals surface area contributed by atoms with Gasteiger partial charge in [-0.2, -0.15) is 0 Å². The highest BCUT2D eigenvalue weighted by atomic mass is 32.1. The molecule has 1 aliphatic heterocycles. The summed E-state index contributed by atoms with van der Waals surface area (Å²) in [4.78, 5) is 7.29. The van der Waals surface area contributed by atoms with Crippen LogP contribution in [0.5, 0.6) is 11.5 Å². The fourth-order valence-electron chi connectivity index (χ4n) is 2.83. The van der Waals surface area contributed by atoms with E-state index < -0.39 is 0 Å². The number of nitrogens with zero attached hydrogens (tertiary/aromatic N) is 2. The van der Waals surface area contributed by atoms with Crippen molar-refractivity contribution in [3.05, 3.63) is 28.6 Å². The minimum absolute atomic E-state index is 0.796. The van der Waals surface area contributed by atoms with Crippen molar-refractivity contribution < 1.29 is 9.47 Å². The third kappa shape index (κ3) is 3.42. The second-order valence-corrected chi connectivity index (χ2v) is 6.47. The van der Waals surface area contributed by atoms with Crippen LogP contribution in [0.4, 0.5) is 0 Å². The third-order valence-corrected chi connectivity index (χ3v) is 4.88. The summed E-state index contributed by atoms with van der Waals surface area (Å²) >= 11 is 1.73. The second kappa shape index (κ2) is 7.11. The SMILES string of the molecule is COc1ccc(-c2csc(CN3CCCCC3)n2)c(OC)c1. The first kappa shape index (κ1) is 15.3. The van der Waals surface area contributed by atoms with Gasteiger partial charge in [-0.25, -0.2) is 4.98 Å². The second-order valence-electron chi connectivity index (χ2n) is 5.53. The Kier molecular flexibility index (Phi) is 4.95. The molecule has 2 heterocycles. The molecule has 3 rings (SSSR count). The predicted octanol–water partition coefficient (Wildman–Crippen LogP) is 3.81. The Bertz CT molecular complexity index is 621. The van der Waals surface area contributed by atoms with Gasteiger partial charge < -0.3 is 9.47 Å². The normalized spacial score (nSPS) is 15.7. The lowest BCUT2D eigenvalue weighted by atomic mass is 10.1. The number of methoxy groups -OCH3 is 2. The molecule has 0 saturated carbocycles. The zero-order chi connectivity index (χ0) is 15.4. The van der Waals surface area contributed by atoms with Crippen molar-refractivity contribution in [2.75, 3.05) is 27.3 Å². The van der Waals surface area contributed by atoms with Crippen molar-refractivity contribution in [2.45, 2.75) is 25.8 Å². The third-order valence-electron chi connectivity index (χ3n) is 4.04. The van der Waals surface area contributed by atoms with Crippen LogP contribution in [-0.2, 0) is 6.54 Å². The largest absolute Gasteiger partial charge is 0.497 e. The van der Waals surface area contributed by atoms with Gasteiger partial charge in [-0.1, -0.05) is 6.42 Å². The van der Waals surface area contributed by atoms with Crippen LogP contribution in [-0.4, -0.2) is 37.2 Å². The number of hydrogen-bond acceptors (Lipinski definition) is 5. The standard InChI is InChI=1S/C17H22N2O2S/c1-20-13-6-7-14(16(10-13)21-2)15-12-22-17(18-15)11-19-8-4-3-5-9-19/h6-7,10,12H,3-5,8-9,11H2,1-2H3. The Balaban J connectivity index is 1.78. The summed E-state index contributed by atoms with van der Waals surface area (Å²) in [5.41, 5.74) is 2.00. The van der Waals surface area contributed by atoms with Crippen LogP contribution >= 0.6 is 11.3 Å². The maximum atomic E-state index is 5.48. The Morgan fingerprint density at radius 1 is 1.14 bits per heavy atom. The molecule has 0 aliphatic carbocycles. The number of benzene rings is 1. The number of hydrogen-bond donors (Lipinski definition) is 0. The summed E-state index contributed by atoms with van der Waals surface area (Å²) in [6.45, 7) is 3.35. The van der Waals surface area contributed by atoms with Gasteiger partial charge in [0.05, 0.1) is 26.5 Å². The fourth-order valence-corrected chi connectivity index (χ4v) is 3.66. The van der Waals surface area contributed by atoms with E-state index in [2.05, 4.69) is 10.3 Å². The summed E-state index contributed by atoms with van der Waals surface area (Å²) in [7, 11) is 3.34. The molecule has 0 bridgehead atoms. The van der Waals surface area contributed by atoms with E-state index in [0.717, 1.165) is 29.3 Å². The van der Waals surface area contributed by atoms with Crippen molar-refractivity contribution in [1.29, 1.82) is 0 Å². The summed E-state index contributed by atoms with van der Waals surface area (Å²) in [5.74, 6) is 1.60. The molecule has 1 aromatic carbocycles. The fraction of sp³-hybridized carbons (Fsp3) is 0.471. The Morgan fingerprint density at radius 3 is 2.68 bits per heavy atom. The van der Waals surface area contributed by atoms with Crippen LogP contribution in [0, 0.1) is 0 Å². The molecule has 0 unspecified atom stereocenters. The van der Waals surface area contributed by atoms with E-state index in [1.165, 1.54) is 37.4 Å². The highest BCUT2D eigenvalue weighted by Crippen LogP contribution is 2.34. The molecule has 0 atom stereocenters. The van der Waals surface area contributed by atoms with E-state index in [1.807, 2.05) is 18.2 Å². The molecule has 1 aromatic heterocycles. The van der Waals surface area contributed by atoms with Crippen LogP contribution in [0.15, 0.2) is 23.6 Å².